The zero-order valence-corrected chi connectivity index (χ0v) is 12.4. The van der Waals surface area contributed by atoms with Gasteiger partial charge in [-0.25, -0.2) is 18.2 Å². The van der Waals surface area contributed by atoms with Crippen molar-refractivity contribution in [2.45, 2.75) is 6.92 Å². The normalized spacial score (nSPS) is 11.1. The number of thiazole rings is 1. The number of carbonyl (C=O) groups excluding carboxylic acids is 2. The number of carbonyl (C=O) groups is 2. The summed E-state index contributed by atoms with van der Waals surface area (Å²) in [7, 11) is -1.88. The maximum atomic E-state index is 11.4. The van der Waals surface area contributed by atoms with Gasteiger partial charge in [0.05, 0.1) is 12.9 Å². The Labute approximate surface area is 114 Å². The molecule has 0 aromatic carbocycles. The number of aromatic nitrogens is 1. The molecule has 1 aromatic rings. The summed E-state index contributed by atoms with van der Waals surface area (Å²) in [5.74, 6) is -1.05. The van der Waals surface area contributed by atoms with Crippen LogP contribution in [0.5, 0.6) is 0 Å². The lowest BCUT2D eigenvalue weighted by Crippen LogP contribution is -2.14. The monoisotopic (exact) mass is 306 g/mol. The van der Waals surface area contributed by atoms with E-state index in [4.69, 9.17) is 0 Å². The van der Waals surface area contributed by atoms with Crippen LogP contribution in [0.1, 0.15) is 27.1 Å². The zero-order valence-electron chi connectivity index (χ0n) is 10.7. The van der Waals surface area contributed by atoms with Gasteiger partial charge in [-0.2, -0.15) is 0 Å². The Morgan fingerprint density at radius 2 is 2.05 bits per heavy atom. The number of nitrogens with one attached hydrogen (secondary N) is 1. The van der Waals surface area contributed by atoms with Crippen LogP contribution in [0.25, 0.3) is 0 Å². The lowest BCUT2D eigenvalue weighted by atomic mass is 10.3. The number of sulfone groups is 1. The first-order chi connectivity index (χ1) is 8.74. The molecule has 1 rings (SSSR count). The zero-order chi connectivity index (χ0) is 14.6. The van der Waals surface area contributed by atoms with Gasteiger partial charge >= 0.3 is 5.97 Å². The van der Waals surface area contributed by atoms with Crippen molar-refractivity contribution in [2.75, 3.05) is 31.0 Å². The molecule has 0 spiro atoms. The number of hydrogen-bond donors (Lipinski definition) is 1. The van der Waals surface area contributed by atoms with Gasteiger partial charge in [0.1, 0.15) is 14.7 Å². The molecular weight excluding hydrogens is 292 g/mol. The van der Waals surface area contributed by atoms with Gasteiger partial charge < -0.3 is 10.1 Å². The number of hydrogen-bond acceptors (Lipinski definition) is 8. The van der Waals surface area contributed by atoms with Crippen LogP contribution in [0.15, 0.2) is 0 Å². The van der Waals surface area contributed by atoms with Crippen LogP contribution in [-0.4, -0.2) is 50.8 Å². The van der Waals surface area contributed by atoms with Crippen LogP contribution in [0.4, 0.5) is 5.13 Å². The first-order valence-corrected chi connectivity index (χ1v) is 8.14. The molecule has 1 aromatic heterocycles. The summed E-state index contributed by atoms with van der Waals surface area (Å²) in [4.78, 5) is 26.9. The van der Waals surface area contributed by atoms with Crippen molar-refractivity contribution < 1.29 is 22.7 Å². The number of anilines is 1. The summed E-state index contributed by atoms with van der Waals surface area (Å²) in [5.41, 5.74) is -0.0538. The molecule has 9 heteroatoms. The molecule has 1 heterocycles. The summed E-state index contributed by atoms with van der Waals surface area (Å²) < 4.78 is 26.5. The molecule has 0 aliphatic rings. The standard InChI is InChI=1S/C10H14N2O5S2/c1-6(13)8-7(9(14)17-2)12-10(18-8)11-4-5-19(3,15)16/h4-5H2,1-3H3,(H,11,12). The second-order valence-electron chi connectivity index (χ2n) is 3.80. The van der Waals surface area contributed by atoms with Gasteiger partial charge in [-0.1, -0.05) is 11.3 Å². The van der Waals surface area contributed by atoms with Crippen LogP contribution in [0, 0.1) is 0 Å². The van der Waals surface area contributed by atoms with E-state index in [0.717, 1.165) is 17.6 Å². The van der Waals surface area contributed by atoms with Crippen LogP contribution in [0.3, 0.4) is 0 Å². The fraction of sp³-hybridized carbons (Fsp3) is 0.500. The van der Waals surface area contributed by atoms with E-state index < -0.39 is 15.8 Å². The lowest BCUT2D eigenvalue weighted by Gasteiger charge is -2.00. The third-order valence-corrected chi connectivity index (χ3v) is 4.13. The highest BCUT2D eigenvalue weighted by Crippen LogP contribution is 2.24. The predicted molar refractivity (Wildman–Crippen MR) is 71.7 cm³/mol. The maximum Gasteiger partial charge on any atom is 0.358 e. The number of esters is 1. The van der Waals surface area contributed by atoms with E-state index in [0.29, 0.717) is 5.13 Å². The van der Waals surface area contributed by atoms with Crippen LogP contribution >= 0.6 is 11.3 Å². The SMILES string of the molecule is COC(=O)c1nc(NCCS(C)(=O)=O)sc1C(C)=O. The minimum absolute atomic E-state index is 0.0538. The summed E-state index contributed by atoms with van der Waals surface area (Å²) in [6.45, 7) is 1.48. The van der Waals surface area contributed by atoms with E-state index in [2.05, 4.69) is 15.0 Å². The fourth-order valence-electron chi connectivity index (χ4n) is 1.21. The van der Waals surface area contributed by atoms with E-state index in [9.17, 15) is 18.0 Å². The lowest BCUT2D eigenvalue weighted by molar-refractivity contribution is 0.0591. The van der Waals surface area contributed by atoms with Crippen LogP contribution < -0.4 is 5.32 Å². The molecule has 7 nitrogen and oxygen atoms in total. The van der Waals surface area contributed by atoms with Gasteiger partial charge in [-0.3, -0.25) is 4.79 Å². The van der Waals surface area contributed by atoms with Gasteiger partial charge in [0.2, 0.25) is 0 Å². The van der Waals surface area contributed by atoms with Crippen molar-refractivity contribution in [1.82, 2.24) is 4.98 Å². The molecule has 0 unspecified atom stereocenters. The topological polar surface area (TPSA) is 102 Å². The van der Waals surface area contributed by atoms with Gasteiger partial charge in [0.15, 0.2) is 16.6 Å². The van der Waals surface area contributed by atoms with Gasteiger partial charge in [-0.05, 0) is 0 Å². The van der Waals surface area contributed by atoms with Gasteiger partial charge in [-0.15, -0.1) is 0 Å². The van der Waals surface area contributed by atoms with Crippen molar-refractivity contribution in [3.05, 3.63) is 10.6 Å². The Morgan fingerprint density at radius 1 is 1.42 bits per heavy atom. The summed E-state index contributed by atoms with van der Waals surface area (Å²) >= 11 is 0.994. The molecule has 0 atom stereocenters. The Kier molecular flexibility index (Phi) is 5.01. The van der Waals surface area contributed by atoms with Gasteiger partial charge in [0.25, 0.3) is 0 Å². The third kappa shape index (κ3) is 4.60. The van der Waals surface area contributed by atoms with Crippen molar-refractivity contribution in [3.8, 4) is 0 Å². The number of ether oxygens (including phenoxy) is 1. The first-order valence-electron chi connectivity index (χ1n) is 5.26. The predicted octanol–water partition coefficient (Wildman–Crippen LogP) is 0.589. The second kappa shape index (κ2) is 6.11. The van der Waals surface area contributed by atoms with Crippen molar-refractivity contribution in [2.24, 2.45) is 0 Å². The fourth-order valence-corrected chi connectivity index (χ4v) is 2.56. The molecule has 106 valence electrons. The Bertz CT molecular complexity index is 591. The molecule has 19 heavy (non-hydrogen) atoms. The molecule has 0 radical (unpaired) electrons. The van der Waals surface area contributed by atoms with E-state index >= 15 is 0 Å². The number of methoxy groups -OCH3 is 1. The number of nitrogens with zero attached hydrogens (tertiary/aromatic N) is 1. The Hall–Kier alpha value is -1.48. The highest BCUT2D eigenvalue weighted by molar-refractivity contribution is 7.90. The van der Waals surface area contributed by atoms with Crippen molar-refractivity contribution >= 4 is 38.1 Å². The van der Waals surface area contributed by atoms with Crippen LogP contribution in [0.2, 0.25) is 0 Å². The highest BCUT2D eigenvalue weighted by Gasteiger charge is 2.21. The maximum absolute atomic E-state index is 11.4. The van der Waals surface area contributed by atoms with E-state index in [1.54, 1.807) is 0 Å². The Balaban J connectivity index is 2.86. The smallest absolute Gasteiger partial charge is 0.358 e. The van der Waals surface area contributed by atoms with Crippen molar-refractivity contribution in [3.63, 3.8) is 0 Å². The Morgan fingerprint density at radius 3 is 2.53 bits per heavy atom. The minimum atomic E-state index is -3.08. The molecule has 0 bridgehead atoms. The summed E-state index contributed by atoms with van der Waals surface area (Å²) in [5, 5.41) is 3.08. The second-order valence-corrected chi connectivity index (χ2v) is 7.06. The molecular formula is C10H14N2O5S2. The molecule has 0 aliphatic heterocycles. The van der Waals surface area contributed by atoms with Gasteiger partial charge in [0, 0.05) is 19.7 Å². The molecule has 0 saturated heterocycles. The van der Waals surface area contributed by atoms with E-state index in [1.807, 2.05) is 0 Å². The first kappa shape index (κ1) is 15.6. The van der Waals surface area contributed by atoms with Crippen LogP contribution in [-0.2, 0) is 14.6 Å². The number of ketones is 1. The quantitative estimate of drug-likeness (QED) is 0.606. The molecule has 1 N–H and O–H groups in total. The molecule has 0 fully saturated rings. The minimum Gasteiger partial charge on any atom is -0.464 e. The third-order valence-electron chi connectivity index (χ3n) is 2.07. The van der Waals surface area contributed by atoms with Crippen molar-refractivity contribution in [1.29, 1.82) is 0 Å². The largest absolute Gasteiger partial charge is 0.464 e. The van der Waals surface area contributed by atoms with E-state index in [1.165, 1.54) is 14.0 Å². The molecule has 0 saturated carbocycles. The average molecular weight is 306 g/mol. The highest BCUT2D eigenvalue weighted by atomic mass is 32.2. The summed E-state index contributed by atoms with van der Waals surface area (Å²) in [6.07, 6.45) is 1.12. The molecule has 0 aliphatic carbocycles. The molecule has 0 amide bonds. The average Bonchev–Trinajstić information content (AvgIpc) is 2.70. The number of rotatable bonds is 6. The van der Waals surface area contributed by atoms with E-state index in [-0.39, 0.29) is 28.7 Å². The summed E-state index contributed by atoms with van der Waals surface area (Å²) in [6, 6.07) is 0. The number of Topliss-reactive ketones (excluding diaryl/α,β-unsaturated/α-hetero) is 1.